The summed E-state index contributed by atoms with van der Waals surface area (Å²) in [7, 11) is -3.80. The van der Waals surface area contributed by atoms with Crippen LogP contribution in [0, 0.1) is 0 Å². The Bertz CT molecular complexity index is 1490. The van der Waals surface area contributed by atoms with Gasteiger partial charge in [-0.1, -0.05) is 61.9 Å². The number of para-hydroxylation sites is 1. The van der Waals surface area contributed by atoms with E-state index in [9.17, 15) is 13.2 Å². The highest BCUT2D eigenvalue weighted by Crippen LogP contribution is 2.32. The molecule has 0 saturated carbocycles. The fraction of sp³-hybridized carbons (Fsp3) is 0.214. The molecule has 5 rings (SSSR count). The minimum atomic E-state index is -3.80. The average molecular weight is 518 g/mol. The highest BCUT2D eigenvalue weighted by Gasteiger charge is 2.29. The summed E-state index contributed by atoms with van der Waals surface area (Å²) in [6.45, 7) is 2.57. The maximum Gasteiger partial charge on any atom is 0.264 e. The van der Waals surface area contributed by atoms with E-state index in [4.69, 9.17) is 0 Å². The van der Waals surface area contributed by atoms with Crippen LogP contribution in [0.15, 0.2) is 83.1 Å². The molecule has 0 fully saturated rings. The average Bonchev–Trinajstić information content (AvgIpc) is 3.37. The molecule has 36 heavy (non-hydrogen) atoms. The number of nitrogens with zero attached hydrogens (tertiary/aromatic N) is 2. The van der Waals surface area contributed by atoms with Gasteiger partial charge < -0.3 is 0 Å². The molecule has 0 bridgehead atoms. The number of aromatic nitrogens is 1. The molecule has 2 heterocycles. The fourth-order valence-corrected chi connectivity index (χ4v) is 6.74. The highest BCUT2D eigenvalue weighted by atomic mass is 32.2. The second kappa shape index (κ2) is 10.2. The highest BCUT2D eigenvalue weighted by molar-refractivity contribution is 7.92. The standard InChI is InChI=1S/C28H27N3O3S2/c1-2-7-20-13-15-21(16-14-20)25-19-35-28(29-25)30-27(32)23-9-5-11-24(18-23)36(33,34)31-17-6-10-22-8-3-4-12-26(22)31/h3-5,8-9,11-16,18-19H,2,6-7,10,17H2,1H3,(H,29,30,32). The summed E-state index contributed by atoms with van der Waals surface area (Å²) < 4.78 is 28.4. The zero-order chi connectivity index (χ0) is 25.1. The van der Waals surface area contributed by atoms with Crippen LogP contribution in [-0.2, 0) is 22.9 Å². The van der Waals surface area contributed by atoms with Crippen molar-refractivity contribution >= 4 is 38.1 Å². The number of rotatable bonds is 7. The molecule has 1 aliphatic heterocycles. The van der Waals surface area contributed by atoms with Crippen molar-refractivity contribution in [3.8, 4) is 11.3 Å². The van der Waals surface area contributed by atoms with E-state index in [1.54, 1.807) is 12.1 Å². The lowest BCUT2D eigenvalue weighted by atomic mass is 10.0. The lowest BCUT2D eigenvalue weighted by Gasteiger charge is -2.30. The maximum atomic E-state index is 13.5. The lowest BCUT2D eigenvalue weighted by Crippen LogP contribution is -2.35. The van der Waals surface area contributed by atoms with E-state index in [-0.39, 0.29) is 10.5 Å². The molecule has 8 heteroatoms. The third-order valence-electron chi connectivity index (χ3n) is 6.26. The Kier molecular flexibility index (Phi) is 6.89. The first-order valence-corrected chi connectivity index (χ1v) is 14.3. The quantitative estimate of drug-likeness (QED) is 0.319. The molecule has 0 saturated heterocycles. The van der Waals surface area contributed by atoms with Crippen LogP contribution in [0.5, 0.6) is 0 Å². The Hall–Kier alpha value is -3.49. The van der Waals surface area contributed by atoms with Crippen LogP contribution < -0.4 is 9.62 Å². The van der Waals surface area contributed by atoms with Crippen molar-refractivity contribution in [3.63, 3.8) is 0 Å². The predicted molar refractivity (Wildman–Crippen MR) is 145 cm³/mol. The van der Waals surface area contributed by atoms with E-state index in [0.717, 1.165) is 42.5 Å². The molecule has 184 valence electrons. The number of nitrogens with one attached hydrogen (secondary N) is 1. The van der Waals surface area contributed by atoms with Crippen molar-refractivity contribution in [2.75, 3.05) is 16.2 Å². The van der Waals surface area contributed by atoms with Crippen LogP contribution in [0.3, 0.4) is 0 Å². The lowest BCUT2D eigenvalue weighted by molar-refractivity contribution is 0.102. The molecule has 1 aromatic heterocycles. The molecule has 0 aliphatic carbocycles. The first-order chi connectivity index (χ1) is 17.5. The Morgan fingerprint density at radius 1 is 1.06 bits per heavy atom. The number of hydrogen-bond donors (Lipinski definition) is 1. The number of amides is 1. The molecule has 1 aliphatic rings. The van der Waals surface area contributed by atoms with Crippen molar-refractivity contribution in [2.24, 2.45) is 0 Å². The molecular formula is C28H27N3O3S2. The van der Waals surface area contributed by atoms with Crippen molar-refractivity contribution in [1.29, 1.82) is 0 Å². The van der Waals surface area contributed by atoms with Crippen molar-refractivity contribution in [3.05, 3.63) is 94.9 Å². The van der Waals surface area contributed by atoms with Gasteiger partial charge in [-0.15, -0.1) is 11.3 Å². The number of benzene rings is 3. The van der Waals surface area contributed by atoms with Crippen LogP contribution in [0.4, 0.5) is 10.8 Å². The first-order valence-electron chi connectivity index (χ1n) is 12.0. The van der Waals surface area contributed by atoms with Crippen molar-refractivity contribution in [2.45, 2.75) is 37.5 Å². The van der Waals surface area contributed by atoms with Gasteiger partial charge in [-0.2, -0.15) is 0 Å². The third kappa shape index (κ3) is 4.92. The molecule has 0 radical (unpaired) electrons. The Morgan fingerprint density at radius 2 is 1.86 bits per heavy atom. The molecule has 4 aromatic rings. The number of carbonyl (C=O) groups excluding carboxylic acids is 1. The van der Waals surface area contributed by atoms with E-state index in [0.29, 0.717) is 17.4 Å². The zero-order valence-electron chi connectivity index (χ0n) is 20.0. The van der Waals surface area contributed by atoms with Gasteiger partial charge in [-0.05, 0) is 54.7 Å². The minimum Gasteiger partial charge on any atom is -0.298 e. The second-order valence-corrected chi connectivity index (χ2v) is 11.5. The van der Waals surface area contributed by atoms with Gasteiger partial charge in [-0.3, -0.25) is 14.4 Å². The van der Waals surface area contributed by atoms with Gasteiger partial charge in [0.25, 0.3) is 15.9 Å². The maximum absolute atomic E-state index is 13.5. The Morgan fingerprint density at radius 3 is 2.67 bits per heavy atom. The number of fused-ring (bicyclic) bond motifs is 1. The number of hydrogen-bond acceptors (Lipinski definition) is 5. The van der Waals surface area contributed by atoms with Crippen LogP contribution in [0.1, 0.15) is 41.3 Å². The number of sulfonamides is 1. The summed E-state index contributed by atoms with van der Waals surface area (Å²) in [5.41, 5.74) is 5.05. The first kappa shape index (κ1) is 24.2. The molecule has 0 unspecified atom stereocenters. The summed E-state index contributed by atoms with van der Waals surface area (Å²) in [5.74, 6) is -0.398. The second-order valence-electron chi connectivity index (χ2n) is 8.78. The van der Waals surface area contributed by atoms with Gasteiger partial charge in [0.15, 0.2) is 5.13 Å². The zero-order valence-corrected chi connectivity index (χ0v) is 21.6. The normalized spacial score (nSPS) is 13.3. The van der Waals surface area contributed by atoms with Gasteiger partial charge in [0.1, 0.15) is 0 Å². The predicted octanol–water partition coefficient (Wildman–Crippen LogP) is 6.16. The smallest absolute Gasteiger partial charge is 0.264 e. The van der Waals surface area contributed by atoms with Gasteiger partial charge in [-0.25, -0.2) is 13.4 Å². The van der Waals surface area contributed by atoms with Crippen molar-refractivity contribution in [1.82, 2.24) is 4.98 Å². The van der Waals surface area contributed by atoms with Gasteiger partial charge in [0.2, 0.25) is 0 Å². The number of carbonyl (C=O) groups is 1. The fourth-order valence-electron chi connectivity index (χ4n) is 4.44. The molecule has 0 spiro atoms. The Labute approximate surface area is 215 Å². The van der Waals surface area contributed by atoms with E-state index in [2.05, 4.69) is 29.4 Å². The number of thiazole rings is 1. The van der Waals surface area contributed by atoms with E-state index >= 15 is 0 Å². The van der Waals surface area contributed by atoms with Crippen LogP contribution >= 0.6 is 11.3 Å². The Balaban J connectivity index is 1.34. The summed E-state index contributed by atoms with van der Waals surface area (Å²) in [4.78, 5) is 17.6. The third-order valence-corrected chi connectivity index (χ3v) is 8.83. The molecule has 6 nitrogen and oxygen atoms in total. The number of aryl methyl sites for hydroxylation is 2. The van der Waals surface area contributed by atoms with Crippen LogP contribution in [0.2, 0.25) is 0 Å². The monoisotopic (exact) mass is 517 g/mol. The molecule has 1 N–H and O–H groups in total. The van der Waals surface area contributed by atoms with Crippen LogP contribution in [-0.4, -0.2) is 25.9 Å². The number of anilines is 2. The van der Waals surface area contributed by atoms with E-state index in [1.165, 1.54) is 33.3 Å². The summed E-state index contributed by atoms with van der Waals surface area (Å²) in [6.07, 6.45) is 3.74. The van der Waals surface area contributed by atoms with Crippen LogP contribution in [0.25, 0.3) is 11.3 Å². The van der Waals surface area contributed by atoms with E-state index in [1.807, 2.05) is 41.8 Å². The minimum absolute atomic E-state index is 0.0962. The largest absolute Gasteiger partial charge is 0.298 e. The molecule has 0 atom stereocenters. The summed E-state index contributed by atoms with van der Waals surface area (Å²) >= 11 is 1.34. The van der Waals surface area contributed by atoms with E-state index < -0.39 is 15.9 Å². The van der Waals surface area contributed by atoms with Gasteiger partial charge in [0.05, 0.1) is 16.3 Å². The molecule has 3 aromatic carbocycles. The molecular weight excluding hydrogens is 490 g/mol. The summed E-state index contributed by atoms with van der Waals surface area (Å²) in [6, 6.07) is 22.0. The van der Waals surface area contributed by atoms with Crippen molar-refractivity contribution < 1.29 is 13.2 Å². The molecule has 1 amide bonds. The summed E-state index contributed by atoms with van der Waals surface area (Å²) in [5, 5.41) is 5.18. The van der Waals surface area contributed by atoms with Gasteiger partial charge in [0, 0.05) is 23.1 Å². The topological polar surface area (TPSA) is 79.4 Å². The van der Waals surface area contributed by atoms with Gasteiger partial charge >= 0.3 is 0 Å². The SMILES string of the molecule is CCCc1ccc(-c2csc(NC(=O)c3cccc(S(=O)(=O)N4CCCc5ccccc54)c3)n2)cc1.